The fourth-order valence-corrected chi connectivity index (χ4v) is 6.01. The molecule has 2 aliphatic carbocycles. The predicted octanol–water partition coefficient (Wildman–Crippen LogP) is 6.91. The zero-order valence-electron chi connectivity index (χ0n) is 18.5. The van der Waals surface area contributed by atoms with Crippen LogP contribution in [0.5, 0.6) is 0 Å². The number of unbranched alkanes of at least 4 members (excludes halogenated alkanes) is 3. The predicted molar refractivity (Wildman–Crippen MR) is 123 cm³/mol. The molecule has 2 fully saturated rings. The van der Waals surface area contributed by atoms with Gasteiger partial charge in [-0.1, -0.05) is 62.8 Å². The maximum absolute atomic E-state index is 11.2. The highest BCUT2D eigenvalue weighted by molar-refractivity contribution is 6.21. The lowest BCUT2D eigenvalue weighted by Gasteiger charge is -2.27. The fourth-order valence-electron chi connectivity index (χ4n) is 5.58. The number of alkyl halides is 1. The topological polar surface area (TPSA) is 46.5 Å². The van der Waals surface area contributed by atoms with E-state index in [1.807, 2.05) is 0 Å². The first-order valence-corrected chi connectivity index (χ1v) is 12.5. The van der Waals surface area contributed by atoms with E-state index >= 15 is 0 Å². The molecule has 0 bridgehead atoms. The van der Waals surface area contributed by atoms with E-state index in [0.29, 0.717) is 24.2 Å². The van der Waals surface area contributed by atoms with Crippen LogP contribution in [0.3, 0.4) is 0 Å². The second kappa shape index (κ2) is 12.1. The van der Waals surface area contributed by atoms with Gasteiger partial charge in [-0.3, -0.25) is 4.79 Å². The molecule has 4 atom stereocenters. The average molecular weight is 435 g/mol. The van der Waals surface area contributed by atoms with E-state index in [9.17, 15) is 9.90 Å². The first kappa shape index (κ1) is 23.6. The van der Waals surface area contributed by atoms with Crippen molar-refractivity contribution in [3.8, 4) is 0 Å². The van der Waals surface area contributed by atoms with Gasteiger partial charge in [0, 0.05) is 11.8 Å². The molecule has 4 heteroatoms. The average Bonchev–Trinajstić information content (AvgIpc) is 3.16. The van der Waals surface area contributed by atoms with Crippen LogP contribution in [0.15, 0.2) is 24.3 Å². The molecule has 168 valence electrons. The molecule has 0 saturated heterocycles. The van der Waals surface area contributed by atoms with Gasteiger partial charge in [-0.25, -0.2) is 0 Å². The van der Waals surface area contributed by atoms with Crippen molar-refractivity contribution >= 4 is 17.6 Å². The summed E-state index contributed by atoms with van der Waals surface area (Å²) < 4.78 is 4.70. The van der Waals surface area contributed by atoms with Crippen LogP contribution >= 0.6 is 11.6 Å². The van der Waals surface area contributed by atoms with Gasteiger partial charge in [0.15, 0.2) is 0 Å². The Hall–Kier alpha value is -1.06. The summed E-state index contributed by atoms with van der Waals surface area (Å²) in [6, 6.07) is 8.79. The minimum absolute atomic E-state index is 0.108. The molecule has 0 radical (unpaired) electrons. The van der Waals surface area contributed by atoms with Crippen LogP contribution in [0.2, 0.25) is 0 Å². The second-order valence-electron chi connectivity index (χ2n) is 9.40. The number of carbonyl (C=O) groups is 1. The summed E-state index contributed by atoms with van der Waals surface area (Å²) in [6.07, 6.45) is 14.1. The summed E-state index contributed by atoms with van der Waals surface area (Å²) in [5.41, 5.74) is 2.46. The lowest BCUT2D eigenvalue weighted by molar-refractivity contribution is -0.140. The van der Waals surface area contributed by atoms with Gasteiger partial charge in [-0.15, -0.1) is 11.6 Å². The maximum atomic E-state index is 11.2. The number of halogens is 1. The number of hydrogen-bond acceptors (Lipinski definition) is 3. The molecular formula is C26H39ClO3. The quantitative estimate of drug-likeness (QED) is 0.247. The molecule has 1 aromatic rings. The van der Waals surface area contributed by atoms with Crippen LogP contribution in [0.25, 0.3) is 0 Å². The molecule has 0 aromatic heterocycles. The molecule has 2 aliphatic rings. The Morgan fingerprint density at radius 3 is 2.43 bits per heavy atom. The highest BCUT2D eigenvalue weighted by Crippen LogP contribution is 2.45. The molecule has 3 rings (SSSR count). The zero-order chi connectivity index (χ0) is 21.3. The van der Waals surface area contributed by atoms with Gasteiger partial charge in [0.25, 0.3) is 0 Å². The first-order chi connectivity index (χ1) is 14.6. The molecule has 3 nitrogen and oxygen atoms in total. The van der Waals surface area contributed by atoms with Crippen molar-refractivity contribution < 1.29 is 14.6 Å². The van der Waals surface area contributed by atoms with Crippen molar-refractivity contribution in [2.45, 2.75) is 101 Å². The van der Waals surface area contributed by atoms with Crippen molar-refractivity contribution in [3.63, 3.8) is 0 Å². The van der Waals surface area contributed by atoms with E-state index in [2.05, 4.69) is 24.3 Å². The summed E-state index contributed by atoms with van der Waals surface area (Å²) in [5, 5.41) is 11.0. The number of aliphatic hydroxyl groups excluding tert-OH is 1. The van der Waals surface area contributed by atoms with Gasteiger partial charge < -0.3 is 9.84 Å². The molecule has 0 spiro atoms. The zero-order valence-corrected chi connectivity index (χ0v) is 19.3. The normalized spacial score (nSPS) is 25.9. The molecule has 4 unspecified atom stereocenters. The van der Waals surface area contributed by atoms with Crippen LogP contribution in [0.1, 0.15) is 107 Å². The molecule has 0 aliphatic heterocycles. The van der Waals surface area contributed by atoms with Crippen molar-refractivity contribution in [1.82, 2.24) is 0 Å². The third-order valence-electron chi connectivity index (χ3n) is 7.43. The number of esters is 1. The second-order valence-corrected chi connectivity index (χ2v) is 9.96. The number of aliphatic hydroxyl groups is 1. The van der Waals surface area contributed by atoms with Gasteiger partial charge >= 0.3 is 5.97 Å². The molecular weight excluding hydrogens is 396 g/mol. The largest absolute Gasteiger partial charge is 0.469 e. The van der Waals surface area contributed by atoms with Crippen molar-refractivity contribution in [1.29, 1.82) is 0 Å². The number of rotatable bonds is 10. The number of carbonyl (C=O) groups excluding carboxylic acids is 1. The van der Waals surface area contributed by atoms with Crippen molar-refractivity contribution in [3.05, 3.63) is 35.4 Å². The Kier molecular flexibility index (Phi) is 9.52. The minimum atomic E-state index is -0.315. The number of hydrogen-bond donors (Lipinski definition) is 1. The van der Waals surface area contributed by atoms with Crippen LogP contribution < -0.4 is 0 Å². The summed E-state index contributed by atoms with van der Waals surface area (Å²) in [6.45, 7) is 0. The summed E-state index contributed by atoms with van der Waals surface area (Å²) in [4.78, 5) is 11.2. The highest BCUT2D eigenvalue weighted by atomic mass is 35.5. The van der Waals surface area contributed by atoms with E-state index in [1.54, 1.807) is 0 Å². The summed E-state index contributed by atoms with van der Waals surface area (Å²) in [7, 11) is 1.45. The number of benzene rings is 1. The maximum Gasteiger partial charge on any atom is 0.305 e. The molecule has 1 aromatic carbocycles. The first-order valence-electron chi connectivity index (χ1n) is 12.1. The third kappa shape index (κ3) is 6.47. The van der Waals surface area contributed by atoms with Gasteiger partial charge in [0.05, 0.1) is 13.2 Å². The smallest absolute Gasteiger partial charge is 0.305 e. The standard InChI is InChI=1S/C26H39ClO3/c1-30-25(28)12-8-3-2-7-11-23-22(17-18-24(23)27)19-13-15-21(16-14-19)26(29)20-9-5-4-6-10-20/h13-16,20,22-24,26,29H,2-12,17-18H2,1H3. The Labute approximate surface area is 187 Å². The molecule has 2 saturated carbocycles. The molecule has 0 heterocycles. The van der Waals surface area contributed by atoms with Gasteiger partial charge in [0.1, 0.15) is 0 Å². The van der Waals surface area contributed by atoms with E-state index in [0.717, 1.165) is 56.9 Å². The van der Waals surface area contributed by atoms with Gasteiger partial charge in [0.2, 0.25) is 0 Å². The Morgan fingerprint density at radius 1 is 1.03 bits per heavy atom. The summed E-state index contributed by atoms with van der Waals surface area (Å²) >= 11 is 6.71. The van der Waals surface area contributed by atoms with Crippen molar-refractivity contribution in [2.24, 2.45) is 11.8 Å². The molecule has 0 amide bonds. The highest BCUT2D eigenvalue weighted by Gasteiger charge is 2.35. The minimum Gasteiger partial charge on any atom is -0.469 e. The lowest BCUT2D eigenvalue weighted by Crippen LogP contribution is -2.16. The Morgan fingerprint density at radius 2 is 1.73 bits per heavy atom. The fraction of sp³-hybridized carbons (Fsp3) is 0.731. The summed E-state index contributed by atoms with van der Waals surface area (Å²) in [5.74, 6) is 1.38. The monoisotopic (exact) mass is 434 g/mol. The SMILES string of the molecule is COC(=O)CCCCCCC1C(Cl)CCC1c1ccc(C(O)C2CCCCC2)cc1. The van der Waals surface area contributed by atoms with Crippen LogP contribution in [-0.2, 0) is 9.53 Å². The van der Waals surface area contributed by atoms with Gasteiger partial charge in [-0.05, 0) is 67.4 Å². The number of ether oxygens (including phenoxy) is 1. The van der Waals surface area contributed by atoms with E-state index in [4.69, 9.17) is 16.3 Å². The Balaban J connectivity index is 1.49. The van der Waals surface area contributed by atoms with Crippen molar-refractivity contribution in [2.75, 3.05) is 7.11 Å². The third-order valence-corrected chi connectivity index (χ3v) is 7.98. The van der Waals surface area contributed by atoms with Gasteiger partial charge in [-0.2, -0.15) is 0 Å². The lowest BCUT2D eigenvalue weighted by atomic mass is 9.81. The van der Waals surface area contributed by atoms with E-state index in [1.165, 1.54) is 38.4 Å². The molecule has 1 N–H and O–H groups in total. The van der Waals surface area contributed by atoms with E-state index in [-0.39, 0.29) is 17.5 Å². The Bertz CT molecular complexity index is 638. The van der Waals surface area contributed by atoms with Crippen LogP contribution in [0.4, 0.5) is 0 Å². The van der Waals surface area contributed by atoms with E-state index < -0.39 is 0 Å². The number of methoxy groups -OCH3 is 1. The molecule has 30 heavy (non-hydrogen) atoms. The van der Waals surface area contributed by atoms with Crippen LogP contribution in [-0.4, -0.2) is 23.6 Å². The van der Waals surface area contributed by atoms with Crippen LogP contribution in [0, 0.1) is 11.8 Å².